The molecule has 0 spiro atoms. The van der Waals surface area contributed by atoms with Crippen LogP contribution in [0.2, 0.25) is 5.02 Å². The molecule has 3 rings (SSSR count). The third kappa shape index (κ3) is 5.14. The summed E-state index contributed by atoms with van der Waals surface area (Å²) in [5, 5.41) is 0.631. The van der Waals surface area contributed by atoms with Crippen molar-refractivity contribution in [2.24, 2.45) is 0 Å². The molecule has 0 saturated carbocycles. The first kappa shape index (κ1) is 20.0. The first-order chi connectivity index (χ1) is 12.8. The van der Waals surface area contributed by atoms with Gasteiger partial charge in [-0.2, -0.15) is 0 Å². The summed E-state index contributed by atoms with van der Waals surface area (Å²) in [5.74, 6) is 0.786. The van der Waals surface area contributed by atoms with Crippen LogP contribution < -0.4 is 4.74 Å². The molecule has 0 radical (unpaired) electrons. The first-order valence-corrected chi connectivity index (χ1v) is 9.97. The Bertz CT molecular complexity index is 664. The van der Waals surface area contributed by atoms with Crippen molar-refractivity contribution in [2.75, 3.05) is 45.8 Å². The Morgan fingerprint density at radius 2 is 1.56 bits per heavy atom. The van der Waals surface area contributed by atoms with Crippen molar-refractivity contribution in [2.45, 2.75) is 32.3 Å². The molecule has 0 N–H and O–H groups in total. The van der Waals surface area contributed by atoms with Crippen LogP contribution in [0.1, 0.15) is 26.7 Å². The van der Waals surface area contributed by atoms with E-state index in [0.717, 1.165) is 25.9 Å². The number of rotatable bonds is 5. The van der Waals surface area contributed by atoms with E-state index in [-0.39, 0.29) is 11.8 Å². The molecule has 0 bridgehead atoms. The first-order valence-electron chi connectivity index (χ1n) is 9.59. The maximum atomic E-state index is 12.9. The average molecular weight is 394 g/mol. The summed E-state index contributed by atoms with van der Waals surface area (Å²) in [6.07, 6.45) is 2.22. The molecule has 2 aliphatic rings. The standard InChI is InChI=1S/C20H28ClN3O3/c1-20(2,27-17-7-5-16(21)6-8-17)19(26)24-13-11-22(12-14-24)15-18(25)23-9-3-4-10-23/h5-8H,3-4,9-15H2,1-2H3. The van der Waals surface area contributed by atoms with E-state index < -0.39 is 5.60 Å². The third-order valence-corrected chi connectivity index (χ3v) is 5.43. The van der Waals surface area contributed by atoms with Gasteiger partial charge in [0.15, 0.2) is 5.60 Å². The minimum Gasteiger partial charge on any atom is -0.478 e. The molecule has 0 aliphatic carbocycles. The van der Waals surface area contributed by atoms with Crippen molar-refractivity contribution in [3.8, 4) is 5.75 Å². The Labute approximate surface area is 166 Å². The summed E-state index contributed by atoms with van der Waals surface area (Å²) >= 11 is 5.90. The summed E-state index contributed by atoms with van der Waals surface area (Å²) in [5.41, 5.74) is -0.957. The molecular formula is C20H28ClN3O3. The van der Waals surface area contributed by atoms with Crippen molar-refractivity contribution >= 4 is 23.4 Å². The lowest BCUT2D eigenvalue weighted by atomic mass is 10.1. The van der Waals surface area contributed by atoms with Crippen LogP contribution in [0.15, 0.2) is 24.3 Å². The maximum Gasteiger partial charge on any atom is 0.266 e. The molecule has 2 aliphatic heterocycles. The molecular weight excluding hydrogens is 366 g/mol. The molecule has 1 aromatic rings. The quantitative estimate of drug-likeness (QED) is 0.770. The number of benzene rings is 1. The number of carbonyl (C=O) groups is 2. The van der Waals surface area contributed by atoms with Crippen LogP contribution in [0, 0.1) is 0 Å². The molecule has 2 heterocycles. The van der Waals surface area contributed by atoms with Crippen molar-refractivity contribution in [1.82, 2.24) is 14.7 Å². The Morgan fingerprint density at radius 1 is 0.963 bits per heavy atom. The molecule has 27 heavy (non-hydrogen) atoms. The fourth-order valence-electron chi connectivity index (χ4n) is 3.59. The van der Waals surface area contributed by atoms with E-state index in [0.29, 0.717) is 43.5 Å². The Kier molecular flexibility index (Phi) is 6.27. The van der Waals surface area contributed by atoms with Crippen molar-refractivity contribution < 1.29 is 14.3 Å². The number of hydrogen-bond acceptors (Lipinski definition) is 4. The van der Waals surface area contributed by atoms with Gasteiger partial charge in [-0.1, -0.05) is 11.6 Å². The molecule has 0 unspecified atom stereocenters. The molecule has 2 saturated heterocycles. The second-order valence-electron chi connectivity index (χ2n) is 7.72. The van der Waals surface area contributed by atoms with Crippen molar-refractivity contribution in [3.05, 3.63) is 29.3 Å². The van der Waals surface area contributed by atoms with Gasteiger partial charge < -0.3 is 14.5 Å². The van der Waals surface area contributed by atoms with E-state index >= 15 is 0 Å². The van der Waals surface area contributed by atoms with E-state index in [1.165, 1.54) is 0 Å². The molecule has 2 amide bonds. The number of piperazine rings is 1. The highest BCUT2D eigenvalue weighted by Gasteiger charge is 2.36. The van der Waals surface area contributed by atoms with E-state index in [2.05, 4.69) is 4.90 Å². The monoisotopic (exact) mass is 393 g/mol. The fraction of sp³-hybridized carbons (Fsp3) is 0.600. The van der Waals surface area contributed by atoms with Gasteiger partial charge in [0.2, 0.25) is 5.91 Å². The number of carbonyl (C=O) groups excluding carboxylic acids is 2. The zero-order chi connectivity index (χ0) is 19.4. The van der Waals surface area contributed by atoms with Gasteiger partial charge in [0.1, 0.15) is 5.75 Å². The van der Waals surface area contributed by atoms with Gasteiger partial charge in [-0.15, -0.1) is 0 Å². The number of nitrogens with zero attached hydrogens (tertiary/aromatic N) is 3. The topological polar surface area (TPSA) is 53.1 Å². The van der Waals surface area contributed by atoms with Gasteiger partial charge in [-0.05, 0) is 51.0 Å². The highest BCUT2D eigenvalue weighted by atomic mass is 35.5. The molecule has 6 nitrogen and oxygen atoms in total. The fourth-order valence-corrected chi connectivity index (χ4v) is 3.71. The van der Waals surface area contributed by atoms with Crippen LogP contribution in [0.3, 0.4) is 0 Å². The van der Waals surface area contributed by atoms with Crippen LogP contribution >= 0.6 is 11.6 Å². The summed E-state index contributed by atoms with van der Waals surface area (Å²) in [7, 11) is 0. The van der Waals surface area contributed by atoms with Crippen LogP contribution in [-0.2, 0) is 9.59 Å². The van der Waals surface area contributed by atoms with Gasteiger partial charge >= 0.3 is 0 Å². The SMILES string of the molecule is CC(C)(Oc1ccc(Cl)cc1)C(=O)N1CCN(CC(=O)N2CCCC2)CC1. The lowest BCUT2D eigenvalue weighted by Crippen LogP contribution is -2.56. The van der Waals surface area contributed by atoms with E-state index in [9.17, 15) is 9.59 Å². The average Bonchev–Trinajstić information content (AvgIpc) is 3.18. The predicted octanol–water partition coefficient (Wildman–Crippen LogP) is 2.26. The lowest BCUT2D eigenvalue weighted by Gasteiger charge is -2.38. The summed E-state index contributed by atoms with van der Waals surface area (Å²) < 4.78 is 5.91. The molecule has 2 fully saturated rings. The molecule has 0 aromatic heterocycles. The molecule has 0 atom stereocenters. The number of hydrogen-bond donors (Lipinski definition) is 0. The van der Waals surface area contributed by atoms with Gasteiger partial charge in [-0.25, -0.2) is 0 Å². The molecule has 148 valence electrons. The minimum atomic E-state index is -0.957. The van der Waals surface area contributed by atoms with Gasteiger partial charge in [0.05, 0.1) is 6.54 Å². The Hall–Kier alpha value is -1.79. The number of halogens is 1. The molecule has 1 aromatic carbocycles. The zero-order valence-electron chi connectivity index (χ0n) is 16.1. The summed E-state index contributed by atoms with van der Waals surface area (Å²) in [6.45, 7) is 8.43. The highest BCUT2D eigenvalue weighted by molar-refractivity contribution is 6.30. The van der Waals surface area contributed by atoms with Crippen LogP contribution in [0.4, 0.5) is 0 Å². The second kappa shape index (κ2) is 8.48. The van der Waals surface area contributed by atoms with Gasteiger partial charge in [0.25, 0.3) is 5.91 Å². The van der Waals surface area contributed by atoms with Crippen LogP contribution in [0.25, 0.3) is 0 Å². The number of amides is 2. The maximum absolute atomic E-state index is 12.9. The number of ether oxygens (including phenoxy) is 1. The number of likely N-dealkylation sites (tertiary alicyclic amines) is 1. The van der Waals surface area contributed by atoms with Crippen LogP contribution in [-0.4, -0.2) is 77.9 Å². The summed E-state index contributed by atoms with van der Waals surface area (Å²) in [4.78, 5) is 31.1. The van der Waals surface area contributed by atoms with Crippen LogP contribution in [0.5, 0.6) is 5.75 Å². The summed E-state index contributed by atoms with van der Waals surface area (Å²) in [6, 6.07) is 7.01. The Balaban J connectivity index is 1.49. The van der Waals surface area contributed by atoms with E-state index in [1.807, 2.05) is 9.80 Å². The van der Waals surface area contributed by atoms with E-state index in [1.54, 1.807) is 38.1 Å². The normalized spacial score (nSPS) is 18.6. The highest BCUT2D eigenvalue weighted by Crippen LogP contribution is 2.23. The lowest BCUT2D eigenvalue weighted by molar-refractivity contribution is -0.147. The van der Waals surface area contributed by atoms with Gasteiger partial charge in [-0.3, -0.25) is 14.5 Å². The predicted molar refractivity (Wildman–Crippen MR) is 105 cm³/mol. The van der Waals surface area contributed by atoms with E-state index in [4.69, 9.17) is 16.3 Å². The van der Waals surface area contributed by atoms with Crippen molar-refractivity contribution in [1.29, 1.82) is 0 Å². The second-order valence-corrected chi connectivity index (χ2v) is 8.16. The van der Waals surface area contributed by atoms with Crippen molar-refractivity contribution in [3.63, 3.8) is 0 Å². The zero-order valence-corrected chi connectivity index (χ0v) is 16.9. The largest absolute Gasteiger partial charge is 0.478 e. The smallest absolute Gasteiger partial charge is 0.266 e. The molecule has 7 heteroatoms. The minimum absolute atomic E-state index is 0.0389. The van der Waals surface area contributed by atoms with Gasteiger partial charge in [0, 0.05) is 44.3 Å². The Morgan fingerprint density at radius 3 is 2.15 bits per heavy atom. The third-order valence-electron chi connectivity index (χ3n) is 5.18.